The largest absolute Gasteiger partial charge is 0.468 e. The Hall–Kier alpha value is -1.06. The lowest BCUT2D eigenvalue weighted by Crippen LogP contribution is -2.18. The minimum atomic E-state index is 0.226. The molecule has 1 heterocycles. The Bertz CT molecular complexity index is 439. The zero-order valence-corrected chi connectivity index (χ0v) is 10.7. The highest BCUT2D eigenvalue weighted by Crippen LogP contribution is 2.20. The van der Waals surface area contributed by atoms with Crippen LogP contribution in [0.2, 0.25) is 0 Å². The van der Waals surface area contributed by atoms with Crippen molar-refractivity contribution in [3.63, 3.8) is 0 Å². The molecule has 2 aromatic rings. The Morgan fingerprint density at radius 3 is 2.81 bits per heavy atom. The highest BCUT2D eigenvalue weighted by Gasteiger charge is 2.12. The normalized spacial score (nSPS) is 12.6. The zero-order valence-electron chi connectivity index (χ0n) is 9.11. The number of hydrogen-bond acceptors (Lipinski definition) is 2. The molecule has 0 spiro atoms. The first-order valence-corrected chi connectivity index (χ1v) is 6.04. The van der Waals surface area contributed by atoms with Crippen LogP contribution in [0.15, 0.2) is 51.6 Å². The molecule has 1 atom stereocenters. The first-order valence-electron chi connectivity index (χ1n) is 5.24. The number of rotatable bonds is 4. The maximum Gasteiger partial charge on any atom is 0.121 e. The second-order valence-electron chi connectivity index (χ2n) is 3.69. The second-order valence-corrected chi connectivity index (χ2v) is 4.61. The van der Waals surface area contributed by atoms with Crippen molar-refractivity contribution in [3.05, 3.63) is 58.5 Å². The predicted octanol–water partition coefficient (Wildman–Crippen LogP) is 3.55. The number of halogens is 1. The average Bonchev–Trinajstić information content (AvgIpc) is 2.79. The van der Waals surface area contributed by atoms with Crippen LogP contribution in [0.3, 0.4) is 0 Å². The van der Waals surface area contributed by atoms with Crippen LogP contribution < -0.4 is 5.32 Å². The summed E-state index contributed by atoms with van der Waals surface area (Å²) < 4.78 is 6.53. The molecule has 3 heteroatoms. The van der Waals surface area contributed by atoms with E-state index in [0.717, 1.165) is 16.7 Å². The molecule has 84 valence electrons. The average molecular weight is 280 g/mol. The summed E-state index contributed by atoms with van der Waals surface area (Å²) in [6.07, 6.45) is 2.63. The van der Waals surface area contributed by atoms with Gasteiger partial charge in [-0.2, -0.15) is 0 Å². The number of likely N-dealkylation sites (N-methyl/N-ethyl adjacent to an activating group) is 1. The Morgan fingerprint density at radius 1 is 1.31 bits per heavy atom. The van der Waals surface area contributed by atoms with Crippen molar-refractivity contribution in [2.75, 3.05) is 7.05 Å². The fraction of sp³-hybridized carbons (Fsp3) is 0.231. The molecule has 2 nitrogen and oxygen atoms in total. The van der Waals surface area contributed by atoms with E-state index in [1.165, 1.54) is 5.56 Å². The van der Waals surface area contributed by atoms with E-state index in [1.807, 2.05) is 31.3 Å². The SMILES string of the molecule is CNC(Cc1cccc(Br)c1)c1ccco1. The molecular formula is C13H14BrNO. The molecule has 1 unspecified atom stereocenters. The standard InChI is InChI=1S/C13H14BrNO/c1-15-12(13-6-3-7-16-13)9-10-4-2-5-11(14)8-10/h2-8,12,15H,9H2,1H3. The summed E-state index contributed by atoms with van der Waals surface area (Å²) in [6.45, 7) is 0. The molecule has 0 aliphatic rings. The van der Waals surface area contributed by atoms with E-state index in [1.54, 1.807) is 6.26 Å². The molecule has 0 aliphatic carbocycles. The third-order valence-electron chi connectivity index (χ3n) is 2.56. The van der Waals surface area contributed by atoms with Gasteiger partial charge in [0.15, 0.2) is 0 Å². The van der Waals surface area contributed by atoms with Crippen molar-refractivity contribution in [2.45, 2.75) is 12.5 Å². The maximum absolute atomic E-state index is 5.41. The van der Waals surface area contributed by atoms with Gasteiger partial charge in [-0.25, -0.2) is 0 Å². The van der Waals surface area contributed by atoms with Crippen molar-refractivity contribution in [2.24, 2.45) is 0 Å². The Labute approximate surface area is 104 Å². The quantitative estimate of drug-likeness (QED) is 0.926. The molecule has 2 rings (SSSR count). The molecule has 0 saturated heterocycles. The lowest BCUT2D eigenvalue weighted by atomic mass is 10.0. The fourth-order valence-corrected chi connectivity index (χ4v) is 2.18. The molecule has 0 fully saturated rings. The summed E-state index contributed by atoms with van der Waals surface area (Å²) in [6, 6.07) is 12.5. The number of furan rings is 1. The van der Waals surface area contributed by atoms with Gasteiger partial charge in [-0.3, -0.25) is 0 Å². The highest BCUT2D eigenvalue weighted by atomic mass is 79.9. The van der Waals surface area contributed by atoms with Gasteiger partial charge in [0.1, 0.15) is 5.76 Å². The molecule has 16 heavy (non-hydrogen) atoms. The number of nitrogens with one attached hydrogen (secondary N) is 1. The van der Waals surface area contributed by atoms with Gasteiger partial charge in [0.2, 0.25) is 0 Å². The minimum absolute atomic E-state index is 0.226. The Morgan fingerprint density at radius 2 is 2.19 bits per heavy atom. The third-order valence-corrected chi connectivity index (χ3v) is 3.06. The Kier molecular flexibility index (Phi) is 3.80. The van der Waals surface area contributed by atoms with Gasteiger partial charge in [0.05, 0.1) is 12.3 Å². The lowest BCUT2D eigenvalue weighted by Gasteiger charge is -2.13. The van der Waals surface area contributed by atoms with Crippen LogP contribution in [0.5, 0.6) is 0 Å². The van der Waals surface area contributed by atoms with Gasteiger partial charge in [-0.15, -0.1) is 0 Å². The smallest absolute Gasteiger partial charge is 0.121 e. The summed E-state index contributed by atoms with van der Waals surface area (Å²) in [5.74, 6) is 0.975. The van der Waals surface area contributed by atoms with E-state index in [0.29, 0.717) is 0 Å². The molecule has 0 radical (unpaired) electrons. The van der Waals surface area contributed by atoms with Gasteiger partial charge in [0, 0.05) is 4.47 Å². The summed E-state index contributed by atoms with van der Waals surface area (Å²) in [5.41, 5.74) is 1.28. The van der Waals surface area contributed by atoms with E-state index in [4.69, 9.17) is 4.42 Å². The summed E-state index contributed by atoms with van der Waals surface area (Å²) in [5, 5.41) is 3.26. The van der Waals surface area contributed by atoms with Crippen LogP contribution in [0.25, 0.3) is 0 Å². The fourth-order valence-electron chi connectivity index (χ4n) is 1.73. The molecular weight excluding hydrogens is 266 g/mol. The zero-order chi connectivity index (χ0) is 11.4. The van der Waals surface area contributed by atoms with Crippen LogP contribution in [-0.2, 0) is 6.42 Å². The summed E-state index contributed by atoms with van der Waals surface area (Å²) in [4.78, 5) is 0. The first kappa shape index (κ1) is 11.4. The predicted molar refractivity (Wildman–Crippen MR) is 68.4 cm³/mol. The van der Waals surface area contributed by atoms with E-state index in [2.05, 4.69) is 33.4 Å². The van der Waals surface area contributed by atoms with Crippen LogP contribution in [0.1, 0.15) is 17.4 Å². The van der Waals surface area contributed by atoms with Crippen molar-refractivity contribution >= 4 is 15.9 Å². The van der Waals surface area contributed by atoms with Crippen LogP contribution in [-0.4, -0.2) is 7.05 Å². The minimum Gasteiger partial charge on any atom is -0.468 e. The molecule has 0 aliphatic heterocycles. The van der Waals surface area contributed by atoms with Crippen molar-refractivity contribution in [1.29, 1.82) is 0 Å². The van der Waals surface area contributed by atoms with Gasteiger partial charge in [-0.05, 0) is 43.3 Å². The molecule has 0 saturated carbocycles. The summed E-state index contributed by atoms with van der Waals surface area (Å²) >= 11 is 3.48. The van der Waals surface area contributed by atoms with Crippen LogP contribution in [0.4, 0.5) is 0 Å². The first-order chi connectivity index (χ1) is 7.79. The lowest BCUT2D eigenvalue weighted by molar-refractivity contribution is 0.429. The maximum atomic E-state index is 5.41. The van der Waals surface area contributed by atoms with Gasteiger partial charge in [-0.1, -0.05) is 28.1 Å². The highest BCUT2D eigenvalue weighted by molar-refractivity contribution is 9.10. The molecule has 1 aromatic carbocycles. The van der Waals surface area contributed by atoms with E-state index in [-0.39, 0.29) is 6.04 Å². The van der Waals surface area contributed by atoms with E-state index < -0.39 is 0 Å². The molecule has 0 amide bonds. The van der Waals surface area contributed by atoms with Crippen molar-refractivity contribution in [1.82, 2.24) is 5.32 Å². The number of hydrogen-bond donors (Lipinski definition) is 1. The molecule has 0 bridgehead atoms. The van der Waals surface area contributed by atoms with Crippen molar-refractivity contribution < 1.29 is 4.42 Å². The van der Waals surface area contributed by atoms with Crippen LogP contribution >= 0.6 is 15.9 Å². The van der Waals surface area contributed by atoms with Gasteiger partial charge < -0.3 is 9.73 Å². The second kappa shape index (κ2) is 5.32. The molecule has 1 aromatic heterocycles. The van der Waals surface area contributed by atoms with E-state index >= 15 is 0 Å². The monoisotopic (exact) mass is 279 g/mol. The third kappa shape index (κ3) is 2.74. The van der Waals surface area contributed by atoms with Gasteiger partial charge >= 0.3 is 0 Å². The van der Waals surface area contributed by atoms with Crippen molar-refractivity contribution in [3.8, 4) is 0 Å². The van der Waals surface area contributed by atoms with Gasteiger partial charge in [0.25, 0.3) is 0 Å². The summed E-state index contributed by atoms with van der Waals surface area (Å²) in [7, 11) is 1.95. The molecule has 1 N–H and O–H groups in total. The topological polar surface area (TPSA) is 25.2 Å². The Balaban J connectivity index is 2.13. The van der Waals surface area contributed by atoms with E-state index in [9.17, 15) is 0 Å². The van der Waals surface area contributed by atoms with Crippen LogP contribution in [0, 0.1) is 0 Å². The number of benzene rings is 1.